The third kappa shape index (κ3) is 5.83. The van der Waals surface area contributed by atoms with E-state index in [1.54, 1.807) is 30.7 Å². The smallest absolute Gasteiger partial charge is 0.404 e. The van der Waals surface area contributed by atoms with E-state index in [4.69, 9.17) is 4.74 Å². The van der Waals surface area contributed by atoms with Crippen molar-refractivity contribution in [1.82, 2.24) is 30.5 Å². The van der Waals surface area contributed by atoms with E-state index in [9.17, 15) is 9.59 Å². The van der Waals surface area contributed by atoms with E-state index in [0.29, 0.717) is 17.3 Å². The van der Waals surface area contributed by atoms with Crippen molar-refractivity contribution in [3.8, 4) is 17.1 Å². The maximum Gasteiger partial charge on any atom is 0.413 e. The van der Waals surface area contributed by atoms with Crippen LogP contribution in [0.1, 0.15) is 25.3 Å². The van der Waals surface area contributed by atoms with Gasteiger partial charge in [0.15, 0.2) is 0 Å². The number of aromatic amines is 1. The van der Waals surface area contributed by atoms with Crippen LogP contribution < -0.4 is 20.9 Å². The van der Waals surface area contributed by atoms with Gasteiger partial charge in [-0.1, -0.05) is 19.4 Å². The molecule has 3 heterocycles. The van der Waals surface area contributed by atoms with Gasteiger partial charge < -0.3 is 15.4 Å². The lowest BCUT2D eigenvalue weighted by molar-refractivity contribution is 0.199. The van der Waals surface area contributed by atoms with E-state index in [1.807, 2.05) is 6.07 Å². The van der Waals surface area contributed by atoms with Crippen molar-refractivity contribution < 1.29 is 9.53 Å². The summed E-state index contributed by atoms with van der Waals surface area (Å²) in [5.74, 6) is 0.276. The number of nitrogens with zero attached hydrogens (tertiary/aromatic N) is 4. The normalized spacial score (nSPS) is 10.4. The van der Waals surface area contributed by atoms with Gasteiger partial charge in [-0.05, 0) is 24.1 Å². The van der Waals surface area contributed by atoms with Gasteiger partial charge in [-0.2, -0.15) is 5.10 Å². The molecule has 29 heavy (non-hydrogen) atoms. The van der Waals surface area contributed by atoms with Crippen LogP contribution in [0.25, 0.3) is 11.4 Å². The molecule has 0 aliphatic heterocycles. The summed E-state index contributed by atoms with van der Waals surface area (Å²) < 4.78 is 5.13. The van der Waals surface area contributed by atoms with Gasteiger partial charge in [0.25, 0.3) is 0 Å². The molecule has 0 atom stereocenters. The van der Waals surface area contributed by atoms with Gasteiger partial charge in [-0.15, -0.1) is 0 Å². The summed E-state index contributed by atoms with van der Waals surface area (Å²) >= 11 is 0. The monoisotopic (exact) mass is 395 g/mol. The summed E-state index contributed by atoms with van der Waals surface area (Å²) in [6.07, 6.45) is 6.14. The molecule has 0 fully saturated rings. The number of unbranched alkanes of at least 4 members (excludes halogenated alkanes) is 1. The molecule has 0 saturated carbocycles. The lowest BCUT2D eigenvalue weighted by Gasteiger charge is -2.08. The molecular formula is C19H21N7O3. The molecule has 1 amide bonds. The first-order chi connectivity index (χ1) is 14.2. The molecule has 3 aromatic heterocycles. The minimum absolute atomic E-state index is 0.183. The molecule has 0 unspecified atom stereocenters. The highest BCUT2D eigenvalue weighted by molar-refractivity contribution is 5.70. The summed E-state index contributed by atoms with van der Waals surface area (Å²) in [6, 6.07) is 6.58. The van der Waals surface area contributed by atoms with E-state index in [0.717, 1.165) is 24.9 Å². The Labute approximate surface area is 166 Å². The maximum absolute atomic E-state index is 12.0. The van der Waals surface area contributed by atoms with E-state index in [1.165, 1.54) is 6.07 Å². The number of aromatic nitrogens is 5. The molecule has 150 valence electrons. The third-order valence-corrected chi connectivity index (χ3v) is 3.86. The molecule has 0 aliphatic rings. The zero-order chi connectivity index (χ0) is 20.5. The van der Waals surface area contributed by atoms with Crippen molar-refractivity contribution in [2.45, 2.75) is 26.3 Å². The number of pyridine rings is 1. The number of H-pyrrole nitrogens is 1. The Morgan fingerprint density at radius 2 is 2.14 bits per heavy atom. The van der Waals surface area contributed by atoms with Gasteiger partial charge in [0.2, 0.25) is 11.7 Å². The topological polar surface area (TPSA) is 135 Å². The fourth-order valence-corrected chi connectivity index (χ4v) is 2.37. The number of amides is 1. The molecule has 3 aromatic rings. The Hall–Kier alpha value is -3.82. The van der Waals surface area contributed by atoms with Crippen molar-refractivity contribution in [1.29, 1.82) is 0 Å². The van der Waals surface area contributed by atoms with Crippen molar-refractivity contribution in [2.75, 3.05) is 11.9 Å². The van der Waals surface area contributed by atoms with Crippen LogP contribution in [-0.4, -0.2) is 37.8 Å². The molecule has 0 radical (unpaired) electrons. The molecule has 0 aliphatic carbocycles. The molecule has 10 nitrogen and oxygen atoms in total. The lowest BCUT2D eigenvalue weighted by atomic mass is 10.3. The lowest BCUT2D eigenvalue weighted by Crippen LogP contribution is -2.28. The predicted octanol–water partition coefficient (Wildman–Crippen LogP) is 2.12. The molecule has 0 spiro atoms. The Morgan fingerprint density at radius 1 is 1.24 bits per heavy atom. The van der Waals surface area contributed by atoms with Crippen LogP contribution in [0, 0.1) is 0 Å². The van der Waals surface area contributed by atoms with Crippen LogP contribution in [-0.2, 0) is 6.54 Å². The maximum atomic E-state index is 12.0. The SMILES string of the molecule is CCCCNc1nccc(-c2cc(OC(=O)NCc3cccnc3)c(=O)[nH]n2)n1. The van der Waals surface area contributed by atoms with Gasteiger partial charge in [-0.3, -0.25) is 9.78 Å². The Balaban J connectivity index is 1.68. The molecule has 3 rings (SSSR count). The summed E-state index contributed by atoms with van der Waals surface area (Å²) in [4.78, 5) is 36.5. The number of rotatable bonds is 8. The predicted molar refractivity (Wildman–Crippen MR) is 106 cm³/mol. The van der Waals surface area contributed by atoms with Crippen molar-refractivity contribution in [3.05, 3.63) is 58.8 Å². The number of hydrogen-bond acceptors (Lipinski definition) is 8. The molecule has 0 saturated heterocycles. The highest BCUT2D eigenvalue weighted by atomic mass is 16.6. The number of hydrogen-bond donors (Lipinski definition) is 3. The molecule has 3 N–H and O–H groups in total. The Bertz CT molecular complexity index is 1010. The summed E-state index contributed by atoms with van der Waals surface area (Å²) in [5.41, 5.74) is 1.01. The number of carbonyl (C=O) groups is 1. The van der Waals surface area contributed by atoms with Gasteiger partial charge in [0, 0.05) is 37.7 Å². The quantitative estimate of drug-likeness (QED) is 0.494. The minimum atomic E-state index is -0.763. The molecule has 0 bridgehead atoms. The average Bonchev–Trinajstić information content (AvgIpc) is 2.75. The van der Waals surface area contributed by atoms with E-state index in [-0.39, 0.29) is 12.3 Å². The standard InChI is InChI=1S/C19H21N7O3/c1-2-3-8-21-18-22-9-6-14(24-18)15-10-16(17(27)26-25-15)29-19(28)23-12-13-5-4-7-20-11-13/h4-7,9-11H,2-3,8,12H2,1H3,(H,23,28)(H,26,27)(H,21,22,24). The summed E-state index contributed by atoms with van der Waals surface area (Å²) in [6.45, 7) is 3.07. The second-order valence-electron chi connectivity index (χ2n) is 6.10. The summed E-state index contributed by atoms with van der Waals surface area (Å²) in [7, 11) is 0. The first-order valence-electron chi connectivity index (χ1n) is 9.17. The van der Waals surface area contributed by atoms with Crippen molar-refractivity contribution in [3.63, 3.8) is 0 Å². The second kappa shape index (κ2) is 9.93. The first kappa shape index (κ1) is 19.9. The van der Waals surface area contributed by atoms with E-state index in [2.05, 4.69) is 42.7 Å². The number of carbonyl (C=O) groups excluding carboxylic acids is 1. The highest BCUT2D eigenvalue weighted by Crippen LogP contribution is 2.17. The zero-order valence-corrected chi connectivity index (χ0v) is 15.9. The summed E-state index contributed by atoms with van der Waals surface area (Å²) in [5, 5.41) is 12.0. The molecule has 10 heteroatoms. The van der Waals surface area contributed by atoms with Gasteiger partial charge >= 0.3 is 11.7 Å². The zero-order valence-electron chi connectivity index (χ0n) is 15.9. The fourth-order valence-electron chi connectivity index (χ4n) is 2.37. The number of ether oxygens (including phenoxy) is 1. The Kier molecular flexibility index (Phi) is 6.82. The average molecular weight is 395 g/mol. The first-order valence-corrected chi connectivity index (χ1v) is 9.17. The van der Waals surface area contributed by atoms with Crippen molar-refractivity contribution >= 4 is 12.0 Å². The highest BCUT2D eigenvalue weighted by Gasteiger charge is 2.12. The second-order valence-corrected chi connectivity index (χ2v) is 6.10. The molecular weight excluding hydrogens is 374 g/mol. The van der Waals surface area contributed by atoms with Crippen LogP contribution in [0.5, 0.6) is 5.75 Å². The van der Waals surface area contributed by atoms with E-state index < -0.39 is 11.7 Å². The van der Waals surface area contributed by atoms with Gasteiger partial charge in [-0.25, -0.2) is 19.9 Å². The van der Waals surface area contributed by atoms with Gasteiger partial charge in [0.1, 0.15) is 5.69 Å². The third-order valence-electron chi connectivity index (χ3n) is 3.86. The van der Waals surface area contributed by atoms with Crippen molar-refractivity contribution in [2.24, 2.45) is 0 Å². The van der Waals surface area contributed by atoms with Crippen LogP contribution in [0.3, 0.4) is 0 Å². The van der Waals surface area contributed by atoms with Crippen LogP contribution >= 0.6 is 0 Å². The minimum Gasteiger partial charge on any atom is -0.404 e. The van der Waals surface area contributed by atoms with Crippen LogP contribution in [0.4, 0.5) is 10.7 Å². The fraction of sp³-hybridized carbons (Fsp3) is 0.263. The Morgan fingerprint density at radius 3 is 2.93 bits per heavy atom. The van der Waals surface area contributed by atoms with Crippen LogP contribution in [0.2, 0.25) is 0 Å². The number of anilines is 1. The number of nitrogens with one attached hydrogen (secondary N) is 3. The van der Waals surface area contributed by atoms with Gasteiger partial charge in [0.05, 0.1) is 5.69 Å². The van der Waals surface area contributed by atoms with E-state index >= 15 is 0 Å². The van der Waals surface area contributed by atoms with Crippen LogP contribution in [0.15, 0.2) is 47.7 Å². The molecule has 0 aromatic carbocycles. The largest absolute Gasteiger partial charge is 0.413 e.